The summed E-state index contributed by atoms with van der Waals surface area (Å²) in [5.41, 5.74) is 0. The summed E-state index contributed by atoms with van der Waals surface area (Å²) in [6, 6.07) is 3.85. The standard InChI is InChI=1S/C10H12O2/c11-6-5-9(8-3-4-8)10-2-1-7-12-10/h1-2,6-9H,3-5H2. The molecule has 2 heteroatoms. The van der Waals surface area contributed by atoms with Gasteiger partial charge in [0.1, 0.15) is 12.0 Å². The zero-order valence-corrected chi connectivity index (χ0v) is 6.90. The smallest absolute Gasteiger partial charge is 0.120 e. The Labute approximate surface area is 71.6 Å². The molecule has 12 heavy (non-hydrogen) atoms. The highest BCUT2D eigenvalue weighted by Gasteiger charge is 2.33. The number of rotatable bonds is 4. The summed E-state index contributed by atoms with van der Waals surface area (Å²) in [7, 11) is 0. The van der Waals surface area contributed by atoms with E-state index < -0.39 is 0 Å². The maximum absolute atomic E-state index is 10.4. The molecule has 1 aromatic heterocycles. The Hall–Kier alpha value is -1.05. The van der Waals surface area contributed by atoms with Crippen LogP contribution in [0.2, 0.25) is 0 Å². The van der Waals surface area contributed by atoms with Crippen LogP contribution in [0.1, 0.15) is 30.9 Å². The largest absolute Gasteiger partial charge is 0.469 e. The third-order valence-electron chi connectivity index (χ3n) is 2.45. The van der Waals surface area contributed by atoms with E-state index in [9.17, 15) is 4.79 Å². The van der Waals surface area contributed by atoms with Crippen LogP contribution in [0.15, 0.2) is 22.8 Å². The van der Waals surface area contributed by atoms with Gasteiger partial charge in [0.15, 0.2) is 0 Å². The zero-order valence-electron chi connectivity index (χ0n) is 6.90. The third kappa shape index (κ3) is 1.42. The first kappa shape index (κ1) is 7.59. The first-order valence-corrected chi connectivity index (χ1v) is 4.39. The SMILES string of the molecule is O=CCC(c1ccco1)C1CC1. The minimum atomic E-state index is 0.345. The van der Waals surface area contributed by atoms with Crippen molar-refractivity contribution in [3.63, 3.8) is 0 Å². The number of hydrogen-bond acceptors (Lipinski definition) is 2. The van der Waals surface area contributed by atoms with Crippen LogP contribution < -0.4 is 0 Å². The van der Waals surface area contributed by atoms with Gasteiger partial charge in [0.2, 0.25) is 0 Å². The number of carbonyl (C=O) groups excluding carboxylic acids is 1. The average Bonchev–Trinajstić information content (AvgIpc) is 2.77. The van der Waals surface area contributed by atoms with Crippen LogP contribution in [0.3, 0.4) is 0 Å². The maximum atomic E-state index is 10.4. The Balaban J connectivity index is 2.10. The molecule has 0 aromatic carbocycles. The topological polar surface area (TPSA) is 30.2 Å². The van der Waals surface area contributed by atoms with Crippen LogP contribution >= 0.6 is 0 Å². The molecular formula is C10H12O2. The molecule has 1 aliphatic rings. The molecule has 1 aromatic rings. The second kappa shape index (κ2) is 3.13. The van der Waals surface area contributed by atoms with Crippen molar-refractivity contribution in [1.82, 2.24) is 0 Å². The maximum Gasteiger partial charge on any atom is 0.120 e. The normalized spacial score (nSPS) is 19.0. The monoisotopic (exact) mass is 164 g/mol. The van der Waals surface area contributed by atoms with E-state index in [4.69, 9.17) is 4.42 Å². The molecule has 1 atom stereocenters. The molecule has 0 bridgehead atoms. The molecule has 0 saturated heterocycles. The van der Waals surface area contributed by atoms with Crippen molar-refractivity contribution in [2.45, 2.75) is 25.2 Å². The highest BCUT2D eigenvalue weighted by molar-refractivity contribution is 5.51. The lowest BCUT2D eigenvalue weighted by molar-refractivity contribution is -0.108. The van der Waals surface area contributed by atoms with Crippen LogP contribution in [-0.4, -0.2) is 6.29 Å². The second-order valence-electron chi connectivity index (χ2n) is 3.36. The average molecular weight is 164 g/mol. The van der Waals surface area contributed by atoms with Gasteiger partial charge in [-0.15, -0.1) is 0 Å². The molecule has 1 aliphatic carbocycles. The van der Waals surface area contributed by atoms with E-state index in [0.717, 1.165) is 12.0 Å². The molecule has 1 unspecified atom stereocenters. The number of furan rings is 1. The molecule has 1 heterocycles. The van der Waals surface area contributed by atoms with Crippen molar-refractivity contribution in [3.8, 4) is 0 Å². The predicted molar refractivity (Wildman–Crippen MR) is 44.9 cm³/mol. The van der Waals surface area contributed by atoms with E-state index in [-0.39, 0.29) is 0 Å². The fourth-order valence-corrected chi connectivity index (χ4v) is 1.65. The Morgan fingerprint density at radius 2 is 2.50 bits per heavy atom. The number of carbonyl (C=O) groups is 1. The van der Waals surface area contributed by atoms with Crippen molar-refractivity contribution in [3.05, 3.63) is 24.2 Å². The molecular weight excluding hydrogens is 152 g/mol. The van der Waals surface area contributed by atoms with Gasteiger partial charge in [-0.3, -0.25) is 0 Å². The lowest BCUT2D eigenvalue weighted by Crippen LogP contribution is -2.00. The van der Waals surface area contributed by atoms with Crippen LogP contribution in [0.25, 0.3) is 0 Å². The highest BCUT2D eigenvalue weighted by atomic mass is 16.3. The van der Waals surface area contributed by atoms with Gasteiger partial charge in [-0.2, -0.15) is 0 Å². The molecule has 0 N–H and O–H groups in total. The molecule has 0 amide bonds. The fraction of sp³-hybridized carbons (Fsp3) is 0.500. The highest BCUT2D eigenvalue weighted by Crippen LogP contribution is 2.44. The molecule has 0 aliphatic heterocycles. The Bertz CT molecular complexity index is 247. The molecule has 0 radical (unpaired) electrons. The summed E-state index contributed by atoms with van der Waals surface area (Å²) < 4.78 is 5.29. The Kier molecular flexibility index (Phi) is 1.98. The van der Waals surface area contributed by atoms with Gasteiger partial charge in [0.05, 0.1) is 6.26 Å². The third-order valence-corrected chi connectivity index (χ3v) is 2.45. The number of aldehydes is 1. The summed E-state index contributed by atoms with van der Waals surface area (Å²) in [5, 5.41) is 0. The lowest BCUT2D eigenvalue weighted by Gasteiger charge is -2.08. The first-order chi connectivity index (χ1) is 5.92. The van der Waals surface area contributed by atoms with Gasteiger partial charge < -0.3 is 9.21 Å². The van der Waals surface area contributed by atoms with E-state index >= 15 is 0 Å². The first-order valence-electron chi connectivity index (χ1n) is 4.39. The van der Waals surface area contributed by atoms with Crippen molar-refractivity contribution in [2.75, 3.05) is 0 Å². The lowest BCUT2D eigenvalue weighted by atomic mass is 9.98. The van der Waals surface area contributed by atoms with Crippen molar-refractivity contribution < 1.29 is 9.21 Å². The van der Waals surface area contributed by atoms with Crippen LogP contribution in [0, 0.1) is 5.92 Å². The van der Waals surface area contributed by atoms with Gasteiger partial charge >= 0.3 is 0 Å². The van der Waals surface area contributed by atoms with E-state index in [1.54, 1.807) is 6.26 Å². The molecule has 2 nitrogen and oxygen atoms in total. The van der Waals surface area contributed by atoms with Gasteiger partial charge in [0, 0.05) is 12.3 Å². The summed E-state index contributed by atoms with van der Waals surface area (Å²) in [4.78, 5) is 10.4. The number of hydrogen-bond donors (Lipinski definition) is 0. The Morgan fingerprint density at radius 3 is 3.00 bits per heavy atom. The minimum Gasteiger partial charge on any atom is -0.469 e. The van der Waals surface area contributed by atoms with E-state index in [1.165, 1.54) is 12.8 Å². The summed E-state index contributed by atoms with van der Waals surface area (Å²) >= 11 is 0. The van der Waals surface area contributed by atoms with Crippen LogP contribution in [0.4, 0.5) is 0 Å². The quantitative estimate of drug-likeness (QED) is 0.639. The zero-order chi connectivity index (χ0) is 8.39. The molecule has 1 saturated carbocycles. The van der Waals surface area contributed by atoms with Crippen LogP contribution in [0.5, 0.6) is 0 Å². The molecule has 0 spiro atoms. The summed E-state index contributed by atoms with van der Waals surface area (Å²) in [6.45, 7) is 0. The van der Waals surface area contributed by atoms with Gasteiger partial charge in [0.25, 0.3) is 0 Å². The summed E-state index contributed by atoms with van der Waals surface area (Å²) in [6.07, 6.45) is 5.78. The molecule has 64 valence electrons. The fourth-order valence-electron chi connectivity index (χ4n) is 1.65. The van der Waals surface area contributed by atoms with E-state index in [2.05, 4.69) is 0 Å². The second-order valence-corrected chi connectivity index (χ2v) is 3.36. The molecule has 2 rings (SSSR count). The van der Waals surface area contributed by atoms with E-state index in [1.807, 2.05) is 12.1 Å². The van der Waals surface area contributed by atoms with Crippen LogP contribution in [-0.2, 0) is 4.79 Å². The molecule has 1 fully saturated rings. The van der Waals surface area contributed by atoms with Gasteiger partial charge in [-0.25, -0.2) is 0 Å². The van der Waals surface area contributed by atoms with Crippen molar-refractivity contribution in [1.29, 1.82) is 0 Å². The minimum absolute atomic E-state index is 0.345. The summed E-state index contributed by atoms with van der Waals surface area (Å²) in [5.74, 6) is 2.02. The predicted octanol–water partition coefficient (Wildman–Crippen LogP) is 2.36. The Morgan fingerprint density at radius 1 is 1.67 bits per heavy atom. The van der Waals surface area contributed by atoms with Gasteiger partial charge in [-0.05, 0) is 30.9 Å². The van der Waals surface area contributed by atoms with Crippen molar-refractivity contribution >= 4 is 6.29 Å². The van der Waals surface area contributed by atoms with Gasteiger partial charge in [-0.1, -0.05) is 0 Å². The van der Waals surface area contributed by atoms with Crippen molar-refractivity contribution in [2.24, 2.45) is 5.92 Å². The van der Waals surface area contributed by atoms with E-state index in [0.29, 0.717) is 18.3 Å².